The predicted octanol–water partition coefficient (Wildman–Crippen LogP) is 3.35. The molecule has 0 saturated heterocycles. The Bertz CT molecular complexity index is 628. The van der Waals surface area contributed by atoms with Gasteiger partial charge in [0.2, 0.25) is 0 Å². The van der Waals surface area contributed by atoms with E-state index in [0.717, 1.165) is 0 Å². The fourth-order valence-electron chi connectivity index (χ4n) is 1.46. The van der Waals surface area contributed by atoms with Crippen LogP contribution in [0, 0.1) is 5.82 Å². The van der Waals surface area contributed by atoms with Crippen LogP contribution in [0.25, 0.3) is 0 Å². The van der Waals surface area contributed by atoms with Gasteiger partial charge in [0.05, 0.1) is 11.8 Å². The molecule has 0 aliphatic carbocycles. The third-order valence-corrected chi connectivity index (χ3v) is 3.04. The number of rotatable bonds is 3. The lowest BCUT2D eigenvalue weighted by Gasteiger charge is -2.01. The SMILES string of the molecule is O=C(NN=Cc1cccc(F)c1)c1ccccc1Br. The van der Waals surface area contributed by atoms with Crippen LogP contribution in [0.5, 0.6) is 0 Å². The molecule has 96 valence electrons. The number of hydrogen-bond donors (Lipinski definition) is 1. The van der Waals surface area contributed by atoms with E-state index in [1.165, 1.54) is 18.3 Å². The van der Waals surface area contributed by atoms with Gasteiger partial charge in [0.15, 0.2) is 0 Å². The predicted molar refractivity (Wildman–Crippen MR) is 75.6 cm³/mol. The molecule has 2 rings (SSSR count). The number of hydrogen-bond acceptors (Lipinski definition) is 2. The molecule has 2 aromatic rings. The molecule has 5 heteroatoms. The summed E-state index contributed by atoms with van der Waals surface area (Å²) >= 11 is 3.28. The van der Waals surface area contributed by atoms with E-state index in [-0.39, 0.29) is 11.7 Å². The third-order valence-electron chi connectivity index (χ3n) is 2.35. The van der Waals surface area contributed by atoms with Crippen LogP contribution in [0.3, 0.4) is 0 Å². The molecule has 0 heterocycles. The van der Waals surface area contributed by atoms with E-state index >= 15 is 0 Å². The fourth-order valence-corrected chi connectivity index (χ4v) is 1.92. The second-order valence-corrected chi connectivity index (χ2v) is 4.59. The minimum atomic E-state index is -0.346. The van der Waals surface area contributed by atoms with E-state index in [1.807, 2.05) is 6.07 Å². The van der Waals surface area contributed by atoms with Gasteiger partial charge in [-0.2, -0.15) is 5.10 Å². The monoisotopic (exact) mass is 320 g/mol. The van der Waals surface area contributed by atoms with Gasteiger partial charge < -0.3 is 0 Å². The summed E-state index contributed by atoms with van der Waals surface area (Å²) in [6.07, 6.45) is 1.39. The van der Waals surface area contributed by atoms with Crippen LogP contribution in [0.15, 0.2) is 58.1 Å². The molecule has 0 bridgehead atoms. The van der Waals surface area contributed by atoms with Crippen LogP contribution in [-0.4, -0.2) is 12.1 Å². The molecular formula is C14H10BrFN2O. The molecule has 0 saturated carbocycles. The number of carbonyl (C=O) groups excluding carboxylic acids is 1. The van der Waals surface area contributed by atoms with Gasteiger partial charge in [-0.3, -0.25) is 4.79 Å². The van der Waals surface area contributed by atoms with Gasteiger partial charge >= 0.3 is 0 Å². The van der Waals surface area contributed by atoms with E-state index in [1.54, 1.807) is 30.3 Å². The van der Waals surface area contributed by atoms with E-state index in [0.29, 0.717) is 15.6 Å². The largest absolute Gasteiger partial charge is 0.272 e. The zero-order chi connectivity index (χ0) is 13.7. The highest BCUT2D eigenvalue weighted by Crippen LogP contribution is 2.15. The van der Waals surface area contributed by atoms with Crippen molar-refractivity contribution in [3.05, 3.63) is 69.9 Å². The summed E-state index contributed by atoms with van der Waals surface area (Å²) in [5.74, 6) is -0.679. The minimum absolute atomic E-state index is 0.333. The normalized spacial score (nSPS) is 10.6. The summed E-state index contributed by atoms with van der Waals surface area (Å²) in [6.45, 7) is 0. The maximum Gasteiger partial charge on any atom is 0.272 e. The second-order valence-electron chi connectivity index (χ2n) is 3.73. The number of nitrogens with one attached hydrogen (secondary N) is 1. The molecule has 0 aliphatic heterocycles. The first-order chi connectivity index (χ1) is 9.16. The van der Waals surface area contributed by atoms with Gasteiger partial charge in [-0.25, -0.2) is 9.82 Å². The summed E-state index contributed by atoms with van der Waals surface area (Å²) in [4.78, 5) is 11.8. The summed E-state index contributed by atoms with van der Waals surface area (Å²) < 4.78 is 13.6. The smallest absolute Gasteiger partial charge is 0.267 e. The van der Waals surface area contributed by atoms with Crippen LogP contribution in [-0.2, 0) is 0 Å². The standard InChI is InChI=1S/C14H10BrFN2O/c15-13-7-2-1-6-12(13)14(19)18-17-9-10-4-3-5-11(16)8-10/h1-9H,(H,18,19). The highest BCUT2D eigenvalue weighted by atomic mass is 79.9. The van der Waals surface area contributed by atoms with Crippen molar-refractivity contribution in [1.29, 1.82) is 0 Å². The summed E-state index contributed by atoms with van der Waals surface area (Å²) in [6, 6.07) is 13.0. The molecule has 0 aliphatic rings. The Labute approximate surface area is 118 Å². The van der Waals surface area contributed by atoms with Crippen molar-refractivity contribution in [3.63, 3.8) is 0 Å². The van der Waals surface area contributed by atoms with Gasteiger partial charge in [-0.05, 0) is 45.8 Å². The van der Waals surface area contributed by atoms with Gasteiger partial charge in [-0.15, -0.1) is 0 Å². The number of amides is 1. The number of halogens is 2. The van der Waals surface area contributed by atoms with E-state index in [4.69, 9.17) is 0 Å². The topological polar surface area (TPSA) is 41.5 Å². The van der Waals surface area contributed by atoms with Gasteiger partial charge in [0.25, 0.3) is 5.91 Å². The lowest BCUT2D eigenvalue weighted by molar-refractivity contribution is 0.0954. The third kappa shape index (κ3) is 3.72. The molecule has 0 radical (unpaired) electrons. The molecular weight excluding hydrogens is 311 g/mol. The molecule has 0 spiro atoms. The van der Waals surface area contributed by atoms with Crippen molar-refractivity contribution in [2.24, 2.45) is 5.10 Å². The van der Waals surface area contributed by atoms with Crippen LogP contribution in [0.2, 0.25) is 0 Å². The van der Waals surface area contributed by atoms with Gasteiger partial charge in [0.1, 0.15) is 5.82 Å². The number of carbonyl (C=O) groups is 1. The molecule has 1 N–H and O–H groups in total. The Balaban J connectivity index is 2.03. The van der Waals surface area contributed by atoms with Crippen molar-refractivity contribution < 1.29 is 9.18 Å². The quantitative estimate of drug-likeness (QED) is 0.684. The van der Waals surface area contributed by atoms with E-state index in [9.17, 15) is 9.18 Å². The van der Waals surface area contributed by atoms with Crippen molar-refractivity contribution in [2.45, 2.75) is 0 Å². The van der Waals surface area contributed by atoms with E-state index in [2.05, 4.69) is 26.5 Å². The molecule has 0 atom stereocenters. The Kier molecular flexibility index (Phi) is 4.41. The van der Waals surface area contributed by atoms with Gasteiger partial charge in [-0.1, -0.05) is 24.3 Å². The average Bonchev–Trinajstić information content (AvgIpc) is 2.39. The fraction of sp³-hybridized carbons (Fsp3) is 0. The summed E-state index contributed by atoms with van der Waals surface area (Å²) in [5.41, 5.74) is 3.45. The first kappa shape index (κ1) is 13.4. The first-order valence-corrected chi connectivity index (χ1v) is 6.29. The van der Waals surface area contributed by atoms with Crippen LogP contribution >= 0.6 is 15.9 Å². The van der Waals surface area contributed by atoms with Crippen LogP contribution < -0.4 is 5.43 Å². The highest BCUT2D eigenvalue weighted by molar-refractivity contribution is 9.10. The second kappa shape index (κ2) is 6.24. The molecule has 0 fully saturated rings. The molecule has 0 unspecified atom stereocenters. The maximum atomic E-state index is 12.9. The lowest BCUT2D eigenvalue weighted by atomic mass is 10.2. The van der Waals surface area contributed by atoms with Crippen molar-refractivity contribution in [2.75, 3.05) is 0 Å². The van der Waals surface area contributed by atoms with Crippen LogP contribution in [0.1, 0.15) is 15.9 Å². The lowest BCUT2D eigenvalue weighted by Crippen LogP contribution is -2.18. The molecule has 0 aromatic heterocycles. The maximum absolute atomic E-state index is 12.9. The molecule has 3 nitrogen and oxygen atoms in total. The Hall–Kier alpha value is -2.01. The van der Waals surface area contributed by atoms with Crippen molar-refractivity contribution in [3.8, 4) is 0 Å². The summed E-state index contributed by atoms with van der Waals surface area (Å²) in [7, 11) is 0. The number of nitrogens with zero attached hydrogens (tertiary/aromatic N) is 1. The molecule has 1 amide bonds. The minimum Gasteiger partial charge on any atom is -0.267 e. The van der Waals surface area contributed by atoms with Crippen LogP contribution in [0.4, 0.5) is 4.39 Å². The highest BCUT2D eigenvalue weighted by Gasteiger charge is 2.07. The Morgan fingerprint density at radius 3 is 2.74 bits per heavy atom. The number of benzene rings is 2. The average molecular weight is 321 g/mol. The number of hydrazone groups is 1. The Morgan fingerprint density at radius 1 is 1.21 bits per heavy atom. The Morgan fingerprint density at radius 2 is 2.00 bits per heavy atom. The summed E-state index contributed by atoms with van der Waals surface area (Å²) in [5, 5.41) is 3.79. The molecule has 19 heavy (non-hydrogen) atoms. The van der Waals surface area contributed by atoms with E-state index < -0.39 is 0 Å². The van der Waals surface area contributed by atoms with Crippen molar-refractivity contribution in [1.82, 2.24) is 5.43 Å². The van der Waals surface area contributed by atoms with Crippen molar-refractivity contribution >= 4 is 28.1 Å². The first-order valence-electron chi connectivity index (χ1n) is 5.50. The zero-order valence-electron chi connectivity index (χ0n) is 9.81. The van der Waals surface area contributed by atoms with Gasteiger partial charge in [0, 0.05) is 4.47 Å². The zero-order valence-corrected chi connectivity index (χ0v) is 11.4. The molecule has 2 aromatic carbocycles.